The van der Waals surface area contributed by atoms with Crippen molar-refractivity contribution in [3.8, 4) is 22.3 Å². The summed E-state index contributed by atoms with van der Waals surface area (Å²) >= 11 is 0. The molecule has 0 aliphatic heterocycles. The first-order chi connectivity index (χ1) is 24.8. The molecule has 0 amide bonds. The van der Waals surface area contributed by atoms with Gasteiger partial charge in [0.25, 0.3) is 0 Å². The van der Waals surface area contributed by atoms with E-state index in [9.17, 15) is 0 Å². The standard InChI is InChI=1S/C48H31NO/c1-2-15-33(16-3-1)37-21-10-11-24-43(37)49(44-25-12-19-34-17-6-7-20-38(34)44)45-26-13-27-46-47(45)42-31-41(39-22-8-9-23-40(39)48(42)50-46)36-29-28-32-14-4-5-18-35(32)30-36/h1-31H. The highest BCUT2D eigenvalue weighted by Gasteiger charge is 2.24. The van der Waals surface area contributed by atoms with E-state index in [4.69, 9.17) is 4.42 Å². The van der Waals surface area contributed by atoms with E-state index in [1.54, 1.807) is 0 Å². The maximum absolute atomic E-state index is 6.87. The summed E-state index contributed by atoms with van der Waals surface area (Å²) in [6.45, 7) is 0. The van der Waals surface area contributed by atoms with Crippen LogP contribution in [-0.2, 0) is 0 Å². The van der Waals surface area contributed by atoms with Gasteiger partial charge in [-0.05, 0) is 74.6 Å². The van der Waals surface area contributed by atoms with E-state index in [0.717, 1.165) is 50.0 Å². The Balaban J connectivity index is 1.32. The number of hydrogen-bond acceptors (Lipinski definition) is 2. The summed E-state index contributed by atoms with van der Waals surface area (Å²) in [6, 6.07) is 67.4. The third-order valence-corrected chi connectivity index (χ3v) is 10.0. The van der Waals surface area contributed by atoms with Crippen molar-refractivity contribution in [2.75, 3.05) is 4.90 Å². The van der Waals surface area contributed by atoms with Gasteiger partial charge in [0.05, 0.1) is 22.4 Å². The van der Waals surface area contributed by atoms with Crippen LogP contribution in [0.3, 0.4) is 0 Å². The summed E-state index contributed by atoms with van der Waals surface area (Å²) in [5.41, 5.74) is 9.77. The Morgan fingerprint density at radius 3 is 1.86 bits per heavy atom. The molecule has 2 heteroatoms. The second-order valence-corrected chi connectivity index (χ2v) is 12.9. The lowest BCUT2D eigenvalue weighted by molar-refractivity contribution is 0.672. The predicted octanol–water partition coefficient (Wildman–Crippen LogP) is 13.8. The highest BCUT2D eigenvalue weighted by molar-refractivity contribution is 6.23. The van der Waals surface area contributed by atoms with Crippen LogP contribution in [0, 0.1) is 0 Å². The van der Waals surface area contributed by atoms with E-state index >= 15 is 0 Å². The minimum atomic E-state index is 0.862. The SMILES string of the molecule is c1ccc(-c2ccccc2N(c2cccc3ccccc23)c2cccc3oc4c5ccccc5c(-c5ccc6ccccc6c5)cc4c23)cc1. The molecule has 0 unspecified atom stereocenters. The Hall–Kier alpha value is -6.64. The monoisotopic (exact) mass is 637 g/mol. The molecule has 0 saturated carbocycles. The van der Waals surface area contributed by atoms with E-state index < -0.39 is 0 Å². The zero-order valence-corrected chi connectivity index (χ0v) is 27.3. The molecule has 10 rings (SSSR count). The highest BCUT2D eigenvalue weighted by atomic mass is 16.3. The molecule has 0 spiro atoms. The molecule has 0 aliphatic rings. The quantitative estimate of drug-likeness (QED) is 0.187. The molecule has 1 aromatic heterocycles. The van der Waals surface area contributed by atoms with Crippen LogP contribution in [0.5, 0.6) is 0 Å². The van der Waals surface area contributed by atoms with Crippen LogP contribution in [-0.4, -0.2) is 0 Å². The Kier molecular flexibility index (Phi) is 6.53. The Morgan fingerprint density at radius 1 is 0.340 bits per heavy atom. The molecule has 0 N–H and O–H groups in total. The lowest BCUT2D eigenvalue weighted by Gasteiger charge is -2.29. The average Bonchev–Trinajstić information content (AvgIpc) is 3.58. The van der Waals surface area contributed by atoms with E-state index in [1.165, 1.54) is 43.6 Å². The van der Waals surface area contributed by atoms with Gasteiger partial charge in [-0.1, -0.05) is 152 Å². The van der Waals surface area contributed by atoms with Gasteiger partial charge in [-0.15, -0.1) is 0 Å². The van der Waals surface area contributed by atoms with Crippen molar-refractivity contribution in [2.45, 2.75) is 0 Å². The van der Waals surface area contributed by atoms with E-state index in [2.05, 4.69) is 193 Å². The first-order valence-corrected chi connectivity index (χ1v) is 17.1. The van der Waals surface area contributed by atoms with Crippen molar-refractivity contribution in [3.05, 3.63) is 188 Å². The largest absolute Gasteiger partial charge is 0.455 e. The van der Waals surface area contributed by atoms with Gasteiger partial charge in [-0.2, -0.15) is 0 Å². The number of fused-ring (bicyclic) bond motifs is 7. The van der Waals surface area contributed by atoms with Gasteiger partial charge in [-0.3, -0.25) is 0 Å². The molecule has 0 radical (unpaired) electrons. The van der Waals surface area contributed by atoms with Crippen molar-refractivity contribution in [2.24, 2.45) is 0 Å². The topological polar surface area (TPSA) is 16.4 Å². The number of nitrogens with zero attached hydrogens (tertiary/aromatic N) is 1. The number of rotatable bonds is 5. The average molecular weight is 638 g/mol. The number of benzene rings is 9. The molecular weight excluding hydrogens is 607 g/mol. The van der Waals surface area contributed by atoms with Crippen molar-refractivity contribution in [1.29, 1.82) is 0 Å². The zero-order valence-electron chi connectivity index (χ0n) is 27.3. The van der Waals surface area contributed by atoms with Gasteiger partial charge in [0, 0.05) is 21.7 Å². The van der Waals surface area contributed by atoms with Crippen molar-refractivity contribution in [3.63, 3.8) is 0 Å². The molecule has 10 aromatic rings. The smallest absolute Gasteiger partial charge is 0.143 e. The minimum Gasteiger partial charge on any atom is -0.455 e. The zero-order chi connectivity index (χ0) is 33.0. The van der Waals surface area contributed by atoms with Crippen molar-refractivity contribution < 1.29 is 4.42 Å². The van der Waals surface area contributed by atoms with E-state index in [0.29, 0.717) is 0 Å². The molecule has 50 heavy (non-hydrogen) atoms. The fourth-order valence-electron chi connectivity index (χ4n) is 7.73. The molecule has 0 bridgehead atoms. The first kappa shape index (κ1) is 28.4. The van der Waals surface area contributed by atoms with Gasteiger partial charge in [0.2, 0.25) is 0 Å². The van der Waals surface area contributed by atoms with Crippen LogP contribution in [0.1, 0.15) is 0 Å². The van der Waals surface area contributed by atoms with Crippen LogP contribution in [0.15, 0.2) is 192 Å². The lowest BCUT2D eigenvalue weighted by Crippen LogP contribution is -2.12. The van der Waals surface area contributed by atoms with Gasteiger partial charge >= 0.3 is 0 Å². The van der Waals surface area contributed by atoms with Gasteiger partial charge < -0.3 is 9.32 Å². The highest BCUT2D eigenvalue weighted by Crippen LogP contribution is 2.49. The van der Waals surface area contributed by atoms with Crippen LogP contribution in [0.25, 0.3) is 76.5 Å². The van der Waals surface area contributed by atoms with Crippen LogP contribution in [0.2, 0.25) is 0 Å². The van der Waals surface area contributed by atoms with Gasteiger partial charge in [-0.25, -0.2) is 0 Å². The molecule has 0 atom stereocenters. The summed E-state index contributed by atoms with van der Waals surface area (Å²) in [4.78, 5) is 2.44. The predicted molar refractivity (Wildman–Crippen MR) is 212 cm³/mol. The summed E-state index contributed by atoms with van der Waals surface area (Å²) in [6.07, 6.45) is 0. The van der Waals surface area contributed by atoms with Crippen molar-refractivity contribution in [1.82, 2.24) is 0 Å². The minimum absolute atomic E-state index is 0.862. The number of anilines is 3. The molecule has 2 nitrogen and oxygen atoms in total. The fourth-order valence-corrected chi connectivity index (χ4v) is 7.73. The summed E-state index contributed by atoms with van der Waals surface area (Å²) in [7, 11) is 0. The van der Waals surface area contributed by atoms with Crippen molar-refractivity contribution >= 4 is 71.3 Å². The van der Waals surface area contributed by atoms with Crippen LogP contribution >= 0.6 is 0 Å². The normalized spacial score (nSPS) is 11.6. The Labute approximate surface area is 290 Å². The Morgan fingerprint density at radius 2 is 0.980 bits per heavy atom. The summed E-state index contributed by atoms with van der Waals surface area (Å²) in [5, 5.41) is 9.32. The molecule has 0 aliphatic carbocycles. The van der Waals surface area contributed by atoms with E-state index in [-0.39, 0.29) is 0 Å². The van der Waals surface area contributed by atoms with Gasteiger partial charge in [0.1, 0.15) is 11.2 Å². The molecular formula is C48H31NO. The number of hydrogen-bond donors (Lipinski definition) is 0. The number of furan rings is 1. The van der Waals surface area contributed by atoms with E-state index in [1.807, 2.05) is 0 Å². The Bertz CT molecular complexity index is 2880. The second-order valence-electron chi connectivity index (χ2n) is 12.9. The fraction of sp³-hybridized carbons (Fsp3) is 0. The summed E-state index contributed by atoms with van der Waals surface area (Å²) in [5.74, 6) is 0. The van der Waals surface area contributed by atoms with Crippen LogP contribution in [0.4, 0.5) is 17.1 Å². The first-order valence-electron chi connectivity index (χ1n) is 17.1. The lowest BCUT2D eigenvalue weighted by atomic mass is 9.93. The third kappa shape index (κ3) is 4.50. The second kappa shape index (κ2) is 11.5. The molecule has 9 aromatic carbocycles. The van der Waals surface area contributed by atoms with Crippen LogP contribution < -0.4 is 4.90 Å². The number of para-hydroxylation sites is 1. The summed E-state index contributed by atoms with van der Waals surface area (Å²) < 4.78 is 6.87. The molecule has 234 valence electrons. The molecule has 0 saturated heterocycles. The molecule has 1 heterocycles. The maximum atomic E-state index is 6.87. The maximum Gasteiger partial charge on any atom is 0.143 e. The third-order valence-electron chi connectivity index (χ3n) is 10.0. The molecule has 0 fully saturated rings. The van der Waals surface area contributed by atoms with Gasteiger partial charge in [0.15, 0.2) is 0 Å².